The Balaban J connectivity index is 1.98. The van der Waals surface area contributed by atoms with E-state index in [0.29, 0.717) is 0 Å². The quantitative estimate of drug-likeness (QED) is 0.782. The second kappa shape index (κ2) is 5.59. The van der Waals surface area contributed by atoms with Crippen LogP contribution in [0.15, 0.2) is 72.9 Å². The lowest BCUT2D eigenvalue weighted by Gasteiger charge is -2.05. The van der Waals surface area contributed by atoms with E-state index in [0.717, 1.165) is 22.4 Å². The fraction of sp³-hybridized carbons (Fsp3) is 0. The van der Waals surface area contributed by atoms with Crippen LogP contribution in [0, 0.1) is 0 Å². The number of rotatable bonds is 3. The molecule has 0 fully saturated rings. The zero-order valence-corrected chi connectivity index (χ0v) is 11.2. The number of hydrogen-bond acceptors (Lipinski definition) is 2. The van der Waals surface area contributed by atoms with Crippen LogP contribution in [0.4, 0.5) is 0 Å². The summed E-state index contributed by atoms with van der Waals surface area (Å²) in [5.74, 6) is -0.924. The van der Waals surface area contributed by atoms with Crippen LogP contribution in [0.3, 0.4) is 0 Å². The molecular formula is C18H13NO2. The Labute approximate surface area is 122 Å². The molecule has 1 N–H and O–H groups in total. The van der Waals surface area contributed by atoms with Crippen molar-refractivity contribution < 1.29 is 9.90 Å². The fourth-order valence-corrected chi connectivity index (χ4v) is 2.18. The van der Waals surface area contributed by atoms with E-state index in [4.69, 9.17) is 5.11 Å². The highest BCUT2D eigenvalue weighted by molar-refractivity contribution is 5.88. The Bertz CT molecular complexity index is 765. The Morgan fingerprint density at radius 1 is 0.810 bits per heavy atom. The molecule has 3 aromatic rings. The lowest BCUT2D eigenvalue weighted by molar-refractivity contribution is 0.0697. The van der Waals surface area contributed by atoms with E-state index in [-0.39, 0.29) is 5.56 Å². The van der Waals surface area contributed by atoms with Crippen LogP contribution in [-0.4, -0.2) is 16.1 Å². The number of benzene rings is 2. The summed E-state index contributed by atoms with van der Waals surface area (Å²) in [6.07, 6.45) is 1.77. The van der Waals surface area contributed by atoms with Gasteiger partial charge in [-0.25, -0.2) is 4.79 Å². The lowest BCUT2D eigenvalue weighted by atomic mass is 10.0. The molecule has 2 aromatic carbocycles. The van der Waals surface area contributed by atoms with Crippen LogP contribution in [0.1, 0.15) is 10.4 Å². The maximum atomic E-state index is 10.9. The highest BCUT2D eigenvalue weighted by Gasteiger charge is 2.05. The molecule has 0 saturated heterocycles. The smallest absolute Gasteiger partial charge is 0.335 e. The van der Waals surface area contributed by atoms with E-state index in [2.05, 4.69) is 4.98 Å². The van der Waals surface area contributed by atoms with E-state index in [1.165, 1.54) is 0 Å². The van der Waals surface area contributed by atoms with Gasteiger partial charge in [-0.3, -0.25) is 4.98 Å². The highest BCUT2D eigenvalue weighted by Crippen LogP contribution is 2.24. The van der Waals surface area contributed by atoms with Gasteiger partial charge in [0.2, 0.25) is 0 Å². The minimum Gasteiger partial charge on any atom is -0.478 e. The molecule has 3 rings (SSSR count). The van der Waals surface area contributed by atoms with Gasteiger partial charge in [-0.05, 0) is 35.4 Å². The molecule has 0 radical (unpaired) electrons. The highest BCUT2D eigenvalue weighted by atomic mass is 16.4. The van der Waals surface area contributed by atoms with Crippen molar-refractivity contribution in [2.24, 2.45) is 0 Å². The number of carboxylic acids is 1. The maximum Gasteiger partial charge on any atom is 0.335 e. The van der Waals surface area contributed by atoms with Gasteiger partial charge in [0.1, 0.15) is 0 Å². The molecule has 0 aliphatic rings. The van der Waals surface area contributed by atoms with Crippen molar-refractivity contribution in [2.45, 2.75) is 0 Å². The van der Waals surface area contributed by atoms with Crippen LogP contribution in [0.25, 0.3) is 22.4 Å². The van der Waals surface area contributed by atoms with E-state index >= 15 is 0 Å². The Morgan fingerprint density at radius 3 is 2.19 bits per heavy atom. The van der Waals surface area contributed by atoms with Gasteiger partial charge in [-0.15, -0.1) is 0 Å². The van der Waals surface area contributed by atoms with Crippen molar-refractivity contribution in [1.82, 2.24) is 4.98 Å². The lowest BCUT2D eigenvalue weighted by Crippen LogP contribution is -1.95. The van der Waals surface area contributed by atoms with Crippen LogP contribution in [0.2, 0.25) is 0 Å². The first kappa shape index (κ1) is 13.1. The third-order valence-corrected chi connectivity index (χ3v) is 3.29. The molecule has 0 aliphatic carbocycles. The van der Waals surface area contributed by atoms with Crippen LogP contribution >= 0.6 is 0 Å². The summed E-state index contributed by atoms with van der Waals surface area (Å²) < 4.78 is 0. The van der Waals surface area contributed by atoms with Gasteiger partial charge in [0.15, 0.2) is 0 Å². The molecule has 1 aromatic heterocycles. The van der Waals surface area contributed by atoms with Crippen molar-refractivity contribution in [3.8, 4) is 22.4 Å². The number of carboxylic acid groups (broad SMARTS) is 1. The zero-order chi connectivity index (χ0) is 14.7. The first-order valence-electron chi connectivity index (χ1n) is 6.59. The molecule has 3 nitrogen and oxygen atoms in total. The van der Waals surface area contributed by atoms with E-state index in [1.807, 2.05) is 42.5 Å². The molecule has 0 saturated carbocycles. The molecule has 0 amide bonds. The van der Waals surface area contributed by atoms with E-state index in [1.54, 1.807) is 30.5 Å². The van der Waals surface area contributed by atoms with Crippen LogP contribution < -0.4 is 0 Å². The topological polar surface area (TPSA) is 50.2 Å². The summed E-state index contributed by atoms with van der Waals surface area (Å²) in [7, 11) is 0. The largest absolute Gasteiger partial charge is 0.478 e. The standard InChI is InChI=1S/C18H13NO2/c20-18(21)15-8-6-14(7-9-15)17-12-16(10-11-19-17)13-4-2-1-3-5-13/h1-12H,(H,20,21). The van der Waals surface area contributed by atoms with Gasteiger partial charge < -0.3 is 5.11 Å². The Kier molecular flexibility index (Phi) is 3.48. The molecule has 0 aliphatic heterocycles. The molecule has 0 atom stereocenters. The maximum absolute atomic E-state index is 10.9. The first-order chi connectivity index (χ1) is 10.2. The average Bonchev–Trinajstić information content (AvgIpc) is 2.56. The summed E-state index contributed by atoms with van der Waals surface area (Å²) in [5, 5.41) is 8.92. The van der Waals surface area contributed by atoms with Gasteiger partial charge >= 0.3 is 5.97 Å². The Hall–Kier alpha value is -2.94. The van der Waals surface area contributed by atoms with E-state index < -0.39 is 5.97 Å². The number of aromatic nitrogens is 1. The zero-order valence-electron chi connectivity index (χ0n) is 11.2. The molecule has 21 heavy (non-hydrogen) atoms. The minimum absolute atomic E-state index is 0.276. The van der Waals surface area contributed by atoms with Crippen molar-refractivity contribution in [1.29, 1.82) is 0 Å². The van der Waals surface area contributed by atoms with Crippen LogP contribution in [-0.2, 0) is 0 Å². The number of nitrogens with zero attached hydrogens (tertiary/aromatic N) is 1. The number of aromatic carboxylic acids is 1. The van der Waals surface area contributed by atoms with Crippen molar-refractivity contribution >= 4 is 5.97 Å². The molecule has 1 heterocycles. The Morgan fingerprint density at radius 2 is 1.52 bits per heavy atom. The molecule has 0 unspecified atom stereocenters. The molecule has 0 spiro atoms. The average molecular weight is 275 g/mol. The third kappa shape index (κ3) is 2.82. The monoisotopic (exact) mass is 275 g/mol. The summed E-state index contributed by atoms with van der Waals surface area (Å²) in [6, 6.07) is 20.8. The van der Waals surface area contributed by atoms with Gasteiger partial charge in [-0.1, -0.05) is 42.5 Å². The molecular weight excluding hydrogens is 262 g/mol. The predicted octanol–water partition coefficient (Wildman–Crippen LogP) is 4.11. The second-order valence-corrected chi connectivity index (χ2v) is 4.68. The van der Waals surface area contributed by atoms with Gasteiger partial charge in [-0.2, -0.15) is 0 Å². The van der Waals surface area contributed by atoms with Crippen LogP contribution in [0.5, 0.6) is 0 Å². The first-order valence-corrected chi connectivity index (χ1v) is 6.59. The number of hydrogen-bond donors (Lipinski definition) is 1. The molecule has 3 heteroatoms. The third-order valence-electron chi connectivity index (χ3n) is 3.29. The predicted molar refractivity (Wildman–Crippen MR) is 82.1 cm³/mol. The SMILES string of the molecule is O=C(O)c1ccc(-c2cc(-c3ccccc3)ccn2)cc1. The minimum atomic E-state index is -0.924. The molecule has 0 bridgehead atoms. The van der Waals surface area contributed by atoms with Gasteiger partial charge in [0.05, 0.1) is 11.3 Å². The van der Waals surface area contributed by atoms with E-state index in [9.17, 15) is 4.79 Å². The summed E-state index contributed by atoms with van der Waals surface area (Å²) in [5.41, 5.74) is 4.22. The normalized spacial score (nSPS) is 10.3. The second-order valence-electron chi connectivity index (χ2n) is 4.68. The van der Waals surface area contributed by atoms with Gasteiger partial charge in [0, 0.05) is 11.8 Å². The summed E-state index contributed by atoms with van der Waals surface area (Å²) in [4.78, 5) is 15.2. The summed E-state index contributed by atoms with van der Waals surface area (Å²) in [6.45, 7) is 0. The van der Waals surface area contributed by atoms with Crippen molar-refractivity contribution in [2.75, 3.05) is 0 Å². The number of pyridine rings is 1. The number of carbonyl (C=O) groups is 1. The fourth-order valence-electron chi connectivity index (χ4n) is 2.18. The molecule has 102 valence electrons. The van der Waals surface area contributed by atoms with Crippen molar-refractivity contribution in [3.05, 3.63) is 78.5 Å². The van der Waals surface area contributed by atoms with Crippen molar-refractivity contribution in [3.63, 3.8) is 0 Å². The van der Waals surface area contributed by atoms with Gasteiger partial charge in [0.25, 0.3) is 0 Å². The summed E-state index contributed by atoms with van der Waals surface area (Å²) >= 11 is 0.